The van der Waals surface area contributed by atoms with Crippen LogP contribution in [0.1, 0.15) is 59.7 Å². The minimum atomic E-state index is -1.17. The van der Waals surface area contributed by atoms with Crippen molar-refractivity contribution in [3.63, 3.8) is 0 Å². The molecule has 4 amide bonds. The molecule has 1 aliphatic heterocycles. The molecule has 44 heavy (non-hydrogen) atoms. The molecule has 3 atom stereocenters. The first-order valence-corrected chi connectivity index (χ1v) is 15.9. The molecule has 1 aliphatic rings. The molecule has 0 saturated carbocycles. The van der Waals surface area contributed by atoms with E-state index in [9.17, 15) is 19.2 Å². The highest BCUT2D eigenvalue weighted by Gasteiger charge is 2.30. The van der Waals surface area contributed by atoms with Crippen LogP contribution in [0.5, 0.6) is 5.75 Å². The van der Waals surface area contributed by atoms with Gasteiger partial charge >= 0.3 is 0 Å². The maximum Gasteiger partial charge on any atom is 0.255 e. The van der Waals surface area contributed by atoms with Crippen molar-refractivity contribution >= 4 is 35.0 Å². The topological polar surface area (TPSA) is 139 Å². The summed E-state index contributed by atoms with van der Waals surface area (Å²) in [5, 5.41) is 14.4. The lowest BCUT2D eigenvalue weighted by molar-refractivity contribution is -0.131. The zero-order chi connectivity index (χ0) is 31.5. The van der Waals surface area contributed by atoms with Crippen molar-refractivity contribution < 1.29 is 23.9 Å². The maximum absolute atomic E-state index is 13.6. The van der Waals surface area contributed by atoms with E-state index in [1.54, 1.807) is 35.6 Å². The van der Waals surface area contributed by atoms with E-state index < -0.39 is 29.8 Å². The number of rotatable bonds is 9. The Morgan fingerprint density at radius 2 is 1.80 bits per heavy atom. The number of carbonyl (C=O) groups is 4. The Balaban J connectivity index is 1.56. The van der Waals surface area contributed by atoms with E-state index in [-0.39, 0.29) is 42.9 Å². The number of aryl methyl sites for hydroxylation is 2. The molecule has 234 valence electrons. The van der Waals surface area contributed by atoms with Crippen molar-refractivity contribution in [3.05, 3.63) is 81.8 Å². The minimum absolute atomic E-state index is 0.128. The molecule has 10 nitrogen and oxygen atoms in total. The van der Waals surface area contributed by atoms with Gasteiger partial charge in [-0.1, -0.05) is 56.3 Å². The van der Waals surface area contributed by atoms with Crippen LogP contribution in [0.3, 0.4) is 0 Å². The third-order valence-corrected chi connectivity index (χ3v) is 8.18. The number of para-hydroxylation sites is 1. The summed E-state index contributed by atoms with van der Waals surface area (Å²) >= 11 is 1.57. The average Bonchev–Trinajstić information content (AvgIpc) is 3.41. The lowest BCUT2D eigenvalue weighted by Crippen LogP contribution is -2.54. The lowest BCUT2D eigenvalue weighted by Gasteiger charge is -2.27. The molecule has 11 heteroatoms. The summed E-state index contributed by atoms with van der Waals surface area (Å²) < 4.78 is 6.09. The quantitative estimate of drug-likeness (QED) is 0.271. The molecular weight excluding hydrogens is 578 g/mol. The summed E-state index contributed by atoms with van der Waals surface area (Å²) in [6, 6.07) is 13.7. The molecule has 0 radical (unpaired) electrons. The molecule has 0 unspecified atom stereocenters. The van der Waals surface area contributed by atoms with Crippen molar-refractivity contribution in [1.82, 2.24) is 26.3 Å². The van der Waals surface area contributed by atoms with E-state index in [4.69, 9.17) is 4.74 Å². The summed E-state index contributed by atoms with van der Waals surface area (Å²) in [5.41, 5.74) is 2.07. The molecule has 1 aromatic heterocycles. The summed E-state index contributed by atoms with van der Waals surface area (Å²) in [6.07, 6.45) is 1.90. The zero-order valence-electron chi connectivity index (χ0n) is 25.4. The van der Waals surface area contributed by atoms with Crippen LogP contribution in [0.4, 0.5) is 0 Å². The molecule has 0 aliphatic carbocycles. The third-order valence-electron chi connectivity index (χ3n) is 7.15. The zero-order valence-corrected chi connectivity index (χ0v) is 26.2. The summed E-state index contributed by atoms with van der Waals surface area (Å²) in [4.78, 5) is 58.2. The van der Waals surface area contributed by atoms with Gasteiger partial charge in [0.1, 0.15) is 24.4 Å². The van der Waals surface area contributed by atoms with E-state index in [1.807, 2.05) is 56.5 Å². The molecule has 0 saturated heterocycles. The van der Waals surface area contributed by atoms with Gasteiger partial charge in [-0.2, -0.15) is 0 Å². The highest BCUT2D eigenvalue weighted by atomic mass is 32.1. The van der Waals surface area contributed by atoms with Gasteiger partial charge in [0.2, 0.25) is 17.7 Å². The molecule has 4 rings (SSSR count). The summed E-state index contributed by atoms with van der Waals surface area (Å²) in [6.45, 7) is 6.51. The number of hydrogen-bond acceptors (Lipinski definition) is 7. The van der Waals surface area contributed by atoms with Gasteiger partial charge in [-0.15, -0.1) is 11.3 Å². The standard InChI is InChI=1S/C33H41N5O5S/c1-21(2)16-24-19-43-28-13-8-7-12-25(28)31(40)38-27(32(41)34-15-9-14-30-35-22(3)20-44-30)18-29(39)37-26(33(42)36-24)17-23-10-5-4-6-11-23/h4-8,10-13,20-21,24,26-27H,9,14-19H2,1-3H3,(H,34,41)(H,36,42)(H,37,39)(H,38,40)/t24-,26-,27+/m1/s1. The van der Waals surface area contributed by atoms with Gasteiger partial charge < -0.3 is 26.0 Å². The van der Waals surface area contributed by atoms with E-state index >= 15 is 0 Å². The van der Waals surface area contributed by atoms with Gasteiger partial charge in [0.25, 0.3) is 5.91 Å². The third kappa shape index (κ3) is 9.90. The Morgan fingerprint density at radius 3 is 2.52 bits per heavy atom. The number of ether oxygens (including phenoxy) is 1. The van der Waals surface area contributed by atoms with Crippen molar-refractivity contribution in [3.8, 4) is 5.75 Å². The number of nitrogens with zero attached hydrogens (tertiary/aromatic N) is 1. The molecule has 3 aromatic rings. The Labute approximate surface area is 262 Å². The highest BCUT2D eigenvalue weighted by Crippen LogP contribution is 2.20. The fourth-order valence-corrected chi connectivity index (χ4v) is 5.86. The molecule has 2 heterocycles. The predicted molar refractivity (Wildman–Crippen MR) is 169 cm³/mol. The van der Waals surface area contributed by atoms with Gasteiger partial charge in [0.15, 0.2) is 0 Å². The summed E-state index contributed by atoms with van der Waals surface area (Å²) in [5.74, 6) is -1.31. The van der Waals surface area contributed by atoms with E-state index in [0.29, 0.717) is 31.6 Å². The Kier molecular flexibility index (Phi) is 11.9. The molecule has 0 bridgehead atoms. The van der Waals surface area contributed by atoms with E-state index in [0.717, 1.165) is 16.3 Å². The van der Waals surface area contributed by atoms with Crippen molar-refractivity contribution in [2.75, 3.05) is 13.2 Å². The van der Waals surface area contributed by atoms with Crippen molar-refractivity contribution in [2.24, 2.45) is 5.92 Å². The molecular formula is C33H41N5O5S. The first-order chi connectivity index (χ1) is 21.2. The Morgan fingerprint density at radius 1 is 1.05 bits per heavy atom. The maximum atomic E-state index is 13.6. The van der Waals surface area contributed by atoms with Gasteiger partial charge in [-0.25, -0.2) is 4.98 Å². The van der Waals surface area contributed by atoms with Crippen LogP contribution in [-0.2, 0) is 27.2 Å². The molecule has 0 fully saturated rings. The van der Waals surface area contributed by atoms with Crippen molar-refractivity contribution in [2.45, 2.75) is 71.0 Å². The first kappa shape index (κ1) is 32.7. The van der Waals surface area contributed by atoms with E-state index in [2.05, 4.69) is 26.3 Å². The summed E-state index contributed by atoms with van der Waals surface area (Å²) in [7, 11) is 0. The van der Waals surface area contributed by atoms with Crippen LogP contribution in [0, 0.1) is 12.8 Å². The fraction of sp³-hybridized carbons (Fsp3) is 0.424. The minimum Gasteiger partial charge on any atom is -0.491 e. The fourth-order valence-electron chi connectivity index (χ4n) is 5.04. The van der Waals surface area contributed by atoms with Gasteiger partial charge in [-0.05, 0) is 43.4 Å². The monoisotopic (exact) mass is 619 g/mol. The lowest BCUT2D eigenvalue weighted by atomic mass is 10.0. The normalized spacial score (nSPS) is 19.5. The average molecular weight is 620 g/mol. The molecule has 2 aromatic carbocycles. The van der Waals surface area contributed by atoms with Gasteiger partial charge in [0.05, 0.1) is 23.0 Å². The van der Waals surface area contributed by atoms with Crippen LogP contribution in [0.15, 0.2) is 60.0 Å². The largest absolute Gasteiger partial charge is 0.491 e. The SMILES string of the molecule is Cc1csc(CCCNC(=O)[C@@H]2CC(=O)N[C@H](Cc3ccccc3)C(=O)N[C@H](CC(C)C)COc3ccccc3C(=O)N2)n1. The van der Waals surface area contributed by atoms with Crippen LogP contribution < -0.4 is 26.0 Å². The number of hydrogen-bond donors (Lipinski definition) is 4. The second-order valence-corrected chi connectivity index (χ2v) is 12.4. The number of thiazole rings is 1. The Hall–Kier alpha value is -4.25. The first-order valence-electron chi connectivity index (χ1n) is 15.0. The van der Waals surface area contributed by atoms with Crippen LogP contribution in [-0.4, -0.2) is 59.9 Å². The number of carbonyl (C=O) groups excluding carboxylic acids is 4. The van der Waals surface area contributed by atoms with Gasteiger partial charge in [-0.3, -0.25) is 19.2 Å². The van der Waals surface area contributed by atoms with Gasteiger partial charge in [0, 0.05) is 30.5 Å². The molecule has 0 spiro atoms. The van der Waals surface area contributed by atoms with Crippen LogP contribution in [0.25, 0.3) is 0 Å². The van der Waals surface area contributed by atoms with Crippen molar-refractivity contribution in [1.29, 1.82) is 0 Å². The predicted octanol–water partition coefficient (Wildman–Crippen LogP) is 3.34. The number of amides is 4. The highest BCUT2D eigenvalue weighted by molar-refractivity contribution is 7.09. The second kappa shape index (κ2) is 16.0. The number of nitrogens with one attached hydrogen (secondary N) is 4. The van der Waals surface area contributed by atoms with Crippen LogP contribution in [0.2, 0.25) is 0 Å². The number of fused-ring (bicyclic) bond motifs is 1. The number of benzene rings is 2. The Bertz CT molecular complexity index is 1430. The van der Waals surface area contributed by atoms with E-state index in [1.165, 1.54) is 0 Å². The number of aromatic nitrogens is 1. The van der Waals surface area contributed by atoms with Crippen LogP contribution >= 0.6 is 11.3 Å². The second-order valence-electron chi connectivity index (χ2n) is 11.5. The smallest absolute Gasteiger partial charge is 0.255 e. The molecule has 4 N–H and O–H groups in total.